The number of ether oxygens (including phenoxy) is 1. The Kier molecular flexibility index (Phi) is 4.47. The van der Waals surface area contributed by atoms with E-state index >= 15 is 0 Å². The molecule has 26 heavy (non-hydrogen) atoms. The average molecular weight is 361 g/mol. The molecule has 0 spiro atoms. The number of halogens is 3. The second-order valence-corrected chi connectivity index (χ2v) is 5.83. The second-order valence-electron chi connectivity index (χ2n) is 5.83. The van der Waals surface area contributed by atoms with Crippen molar-refractivity contribution in [3.8, 4) is 6.07 Å². The molecule has 0 saturated carbocycles. The minimum Gasteiger partial charge on any atom is -0.444 e. The van der Waals surface area contributed by atoms with E-state index in [1.165, 1.54) is 12.1 Å². The summed E-state index contributed by atoms with van der Waals surface area (Å²) in [6, 6.07) is 11.9. The number of carbonyl (C=O) groups is 1. The number of nitrogens with zero attached hydrogens (tertiary/aromatic N) is 2. The molecule has 1 unspecified atom stereocenters. The van der Waals surface area contributed by atoms with Gasteiger partial charge in [-0.1, -0.05) is 6.07 Å². The number of hydrogen-bond acceptors (Lipinski definition) is 4. The van der Waals surface area contributed by atoms with Gasteiger partial charge in [0.15, 0.2) is 0 Å². The van der Waals surface area contributed by atoms with Gasteiger partial charge in [0.05, 0.1) is 23.7 Å². The van der Waals surface area contributed by atoms with Crippen molar-refractivity contribution in [2.75, 3.05) is 11.4 Å². The highest BCUT2D eigenvalue weighted by atomic mass is 19.4. The lowest BCUT2D eigenvalue weighted by atomic mass is 9.94. The predicted molar refractivity (Wildman–Crippen MR) is 87.8 cm³/mol. The highest BCUT2D eigenvalue weighted by Gasteiger charge is 2.32. The molecule has 0 bridgehead atoms. The monoisotopic (exact) mass is 361 g/mol. The van der Waals surface area contributed by atoms with Crippen LogP contribution in [-0.4, -0.2) is 18.7 Å². The Morgan fingerprint density at radius 1 is 1.23 bits per heavy atom. The number of alkyl halides is 3. The van der Waals surface area contributed by atoms with Crippen molar-refractivity contribution in [3.05, 3.63) is 59.2 Å². The molecule has 0 aliphatic carbocycles. The maximum atomic E-state index is 12.8. The van der Waals surface area contributed by atoms with Crippen LogP contribution in [0.15, 0.2) is 42.5 Å². The first-order valence-corrected chi connectivity index (χ1v) is 7.72. The number of hydrogen-bond donors (Lipinski definition) is 1. The van der Waals surface area contributed by atoms with Crippen molar-refractivity contribution in [1.29, 1.82) is 5.26 Å². The third kappa shape index (κ3) is 3.42. The highest BCUT2D eigenvalue weighted by Crippen LogP contribution is 2.37. The van der Waals surface area contributed by atoms with Gasteiger partial charge in [-0.25, -0.2) is 4.79 Å². The number of anilines is 2. The first kappa shape index (κ1) is 17.6. The first-order valence-electron chi connectivity index (χ1n) is 7.72. The molecule has 8 heteroatoms. The van der Waals surface area contributed by atoms with Gasteiger partial charge in [0.2, 0.25) is 0 Å². The lowest BCUT2D eigenvalue weighted by Gasteiger charge is -2.36. The number of fused-ring (bicyclic) bond motifs is 1. The lowest BCUT2D eigenvalue weighted by molar-refractivity contribution is -0.137. The topological polar surface area (TPSA) is 79.3 Å². The SMILES string of the molecule is N#Cc1cccc2c1CC(OC(N)=O)CN2c1ccc(C(F)(F)F)cc1. The molecule has 0 radical (unpaired) electrons. The predicted octanol–water partition coefficient (Wildman–Crippen LogP) is 3.74. The second kappa shape index (κ2) is 6.59. The molecule has 1 aliphatic rings. The van der Waals surface area contributed by atoms with Gasteiger partial charge in [0.1, 0.15) is 6.10 Å². The number of benzene rings is 2. The fourth-order valence-electron chi connectivity index (χ4n) is 3.06. The van der Waals surface area contributed by atoms with Crippen LogP contribution < -0.4 is 10.6 Å². The Bertz CT molecular complexity index is 873. The molecule has 1 atom stereocenters. The van der Waals surface area contributed by atoms with Gasteiger partial charge in [-0.05, 0) is 42.0 Å². The van der Waals surface area contributed by atoms with Crippen molar-refractivity contribution < 1.29 is 22.7 Å². The van der Waals surface area contributed by atoms with Crippen LogP contribution in [0.2, 0.25) is 0 Å². The van der Waals surface area contributed by atoms with E-state index in [9.17, 15) is 23.2 Å². The Hall–Kier alpha value is -3.21. The van der Waals surface area contributed by atoms with E-state index in [2.05, 4.69) is 6.07 Å². The number of carbonyl (C=O) groups excluding carboxylic acids is 1. The van der Waals surface area contributed by atoms with Crippen molar-refractivity contribution in [3.63, 3.8) is 0 Å². The van der Waals surface area contributed by atoms with E-state index in [0.29, 0.717) is 28.9 Å². The van der Waals surface area contributed by atoms with Crippen LogP contribution in [0.3, 0.4) is 0 Å². The summed E-state index contributed by atoms with van der Waals surface area (Å²) in [6.07, 6.45) is -5.68. The van der Waals surface area contributed by atoms with Crippen LogP contribution in [0.25, 0.3) is 0 Å². The quantitative estimate of drug-likeness (QED) is 0.884. The van der Waals surface area contributed by atoms with E-state index < -0.39 is 23.9 Å². The maximum absolute atomic E-state index is 12.8. The zero-order valence-corrected chi connectivity index (χ0v) is 13.5. The molecule has 3 rings (SSSR count). The van der Waals surface area contributed by atoms with Crippen molar-refractivity contribution in [2.24, 2.45) is 5.73 Å². The molecule has 2 N–H and O–H groups in total. The lowest BCUT2D eigenvalue weighted by Crippen LogP contribution is -2.39. The summed E-state index contributed by atoms with van der Waals surface area (Å²) in [6.45, 7) is 0.218. The average Bonchev–Trinajstić information content (AvgIpc) is 2.59. The molecule has 1 amide bonds. The summed E-state index contributed by atoms with van der Waals surface area (Å²) in [7, 11) is 0. The molecule has 134 valence electrons. The van der Waals surface area contributed by atoms with E-state index in [1.54, 1.807) is 23.1 Å². The molecular weight excluding hydrogens is 347 g/mol. The maximum Gasteiger partial charge on any atom is 0.416 e. The summed E-state index contributed by atoms with van der Waals surface area (Å²) in [5.41, 5.74) is 6.60. The molecule has 2 aromatic carbocycles. The van der Waals surface area contributed by atoms with Crippen molar-refractivity contribution in [2.45, 2.75) is 18.7 Å². The van der Waals surface area contributed by atoms with Crippen molar-refractivity contribution >= 4 is 17.5 Å². The van der Waals surface area contributed by atoms with Crippen LogP contribution in [0, 0.1) is 11.3 Å². The zero-order chi connectivity index (χ0) is 18.9. The number of nitrogens with two attached hydrogens (primary N) is 1. The van der Waals surface area contributed by atoms with Gasteiger partial charge in [0.25, 0.3) is 0 Å². The smallest absolute Gasteiger partial charge is 0.416 e. The van der Waals surface area contributed by atoms with Crippen LogP contribution in [0.5, 0.6) is 0 Å². The Morgan fingerprint density at radius 3 is 2.50 bits per heavy atom. The van der Waals surface area contributed by atoms with Crippen LogP contribution in [0.4, 0.5) is 29.3 Å². The minimum atomic E-state index is -4.43. The Labute approximate surface area is 147 Å². The van der Waals surface area contributed by atoms with Crippen LogP contribution in [0.1, 0.15) is 16.7 Å². The molecule has 1 heterocycles. The van der Waals surface area contributed by atoms with E-state index in [1.807, 2.05) is 0 Å². The van der Waals surface area contributed by atoms with Gasteiger partial charge < -0.3 is 15.4 Å². The molecule has 0 saturated heterocycles. The van der Waals surface area contributed by atoms with E-state index in [-0.39, 0.29) is 6.54 Å². The summed E-state index contributed by atoms with van der Waals surface area (Å²) in [5, 5.41) is 9.32. The number of rotatable bonds is 2. The van der Waals surface area contributed by atoms with Gasteiger partial charge >= 0.3 is 12.3 Å². The molecule has 2 aromatic rings. The molecule has 1 aliphatic heterocycles. The van der Waals surface area contributed by atoms with E-state index in [0.717, 1.165) is 12.1 Å². The molecule has 0 aromatic heterocycles. The Morgan fingerprint density at radius 2 is 1.92 bits per heavy atom. The Balaban J connectivity index is 2.03. The van der Waals surface area contributed by atoms with Gasteiger partial charge in [-0.2, -0.15) is 18.4 Å². The summed E-state index contributed by atoms with van der Waals surface area (Å²) in [4.78, 5) is 12.8. The van der Waals surface area contributed by atoms with Gasteiger partial charge in [0, 0.05) is 17.8 Å². The standard InChI is InChI=1S/C18H14F3N3O2/c19-18(20,21)12-4-6-13(7-5-12)24-10-14(26-17(23)25)8-15-11(9-22)2-1-3-16(15)24/h1-7,14H,8,10H2,(H2,23,25). The summed E-state index contributed by atoms with van der Waals surface area (Å²) >= 11 is 0. The van der Waals surface area contributed by atoms with Crippen LogP contribution >= 0.6 is 0 Å². The largest absolute Gasteiger partial charge is 0.444 e. The third-order valence-corrected chi connectivity index (χ3v) is 4.17. The van der Waals surface area contributed by atoms with Crippen molar-refractivity contribution in [1.82, 2.24) is 0 Å². The number of amides is 1. The van der Waals surface area contributed by atoms with Gasteiger partial charge in [-0.3, -0.25) is 0 Å². The molecule has 5 nitrogen and oxygen atoms in total. The van der Waals surface area contributed by atoms with Gasteiger partial charge in [-0.15, -0.1) is 0 Å². The summed E-state index contributed by atoms with van der Waals surface area (Å²) in [5.74, 6) is 0. The van der Waals surface area contributed by atoms with E-state index in [4.69, 9.17) is 10.5 Å². The number of nitriles is 1. The minimum absolute atomic E-state index is 0.218. The number of primary amides is 1. The zero-order valence-electron chi connectivity index (χ0n) is 13.5. The molecule has 0 fully saturated rings. The summed E-state index contributed by atoms with van der Waals surface area (Å²) < 4.78 is 43.4. The third-order valence-electron chi connectivity index (χ3n) is 4.17. The first-order chi connectivity index (χ1) is 12.3. The fraction of sp³-hybridized carbons (Fsp3) is 0.222. The fourth-order valence-corrected chi connectivity index (χ4v) is 3.06. The van der Waals surface area contributed by atoms with Crippen LogP contribution in [-0.2, 0) is 17.3 Å². The molecular formula is C18H14F3N3O2. The normalized spacial score (nSPS) is 16.5. The highest BCUT2D eigenvalue weighted by molar-refractivity contribution is 5.72.